The van der Waals surface area contributed by atoms with E-state index in [-0.39, 0.29) is 19.7 Å². The molecule has 1 aliphatic rings. The summed E-state index contributed by atoms with van der Waals surface area (Å²) in [6, 6.07) is 0.419. The maximum atomic E-state index is 13.7. The van der Waals surface area contributed by atoms with Gasteiger partial charge in [-0.1, -0.05) is 20.8 Å². The first-order valence-electron chi connectivity index (χ1n) is 10.4. The number of primary amides is 1. The maximum absolute atomic E-state index is 13.7. The average molecular weight is 512 g/mol. The number of nitrogens with two attached hydrogens (primary N) is 1. The summed E-state index contributed by atoms with van der Waals surface area (Å²) in [4.78, 5) is 38.2. The number of anilines is 2. The molecule has 1 heterocycles. The Morgan fingerprint density at radius 3 is 2.26 bits per heavy atom. The summed E-state index contributed by atoms with van der Waals surface area (Å²) in [7, 11) is 0. The second kappa shape index (κ2) is 10.4. The number of carbonyl (C=O) groups excluding carboxylic acids is 3. The molecule has 0 bridgehead atoms. The molecule has 0 unspecified atom stereocenters. The Bertz CT molecular complexity index is 943. The van der Waals surface area contributed by atoms with E-state index < -0.39 is 71.6 Å². The molecule has 2 rings (SSSR count). The second-order valence-electron chi connectivity index (χ2n) is 9.20. The molecule has 1 aliphatic heterocycles. The van der Waals surface area contributed by atoms with E-state index in [1.807, 2.05) is 0 Å². The van der Waals surface area contributed by atoms with Crippen molar-refractivity contribution in [3.63, 3.8) is 0 Å². The molecule has 1 saturated heterocycles. The number of amides is 3. The molecule has 0 aliphatic carbocycles. The highest BCUT2D eigenvalue weighted by Gasteiger charge is 2.41. The van der Waals surface area contributed by atoms with Crippen LogP contribution in [-0.4, -0.2) is 67.7 Å². The van der Waals surface area contributed by atoms with Crippen LogP contribution in [0.5, 0.6) is 0 Å². The molecular formula is C21H26F6N4O4. The van der Waals surface area contributed by atoms with Gasteiger partial charge < -0.3 is 20.7 Å². The maximum Gasteiger partial charge on any atom is 0.418 e. The number of ether oxygens (including phenoxy) is 1. The van der Waals surface area contributed by atoms with Crippen molar-refractivity contribution in [2.45, 2.75) is 39.2 Å². The minimum absolute atomic E-state index is 0.0185. The quantitative estimate of drug-likeness (QED) is 0.432. The van der Waals surface area contributed by atoms with E-state index in [0.717, 1.165) is 17.0 Å². The predicted octanol–water partition coefficient (Wildman–Crippen LogP) is 2.77. The lowest BCUT2D eigenvalue weighted by atomic mass is 9.95. The number of hydrogen-bond acceptors (Lipinski definition) is 5. The summed E-state index contributed by atoms with van der Waals surface area (Å²) < 4.78 is 85.6. The largest absolute Gasteiger partial charge is 0.418 e. The smallest absolute Gasteiger partial charge is 0.370 e. The first kappa shape index (κ1) is 28.4. The number of rotatable bonds is 7. The number of carbonyl (C=O) groups is 3. The SMILES string of the molecule is CC(C)(C)CN(CC(F)(F)F)[C@@H](C(N)=O)C(=O)Nc1ccc(N2CCOCC2=O)c(C(F)(F)F)c1. The van der Waals surface area contributed by atoms with Crippen molar-refractivity contribution >= 4 is 29.1 Å². The zero-order valence-electron chi connectivity index (χ0n) is 19.2. The molecule has 3 amide bonds. The highest BCUT2D eigenvalue weighted by molar-refractivity contribution is 6.09. The molecule has 0 saturated carbocycles. The molecule has 8 nitrogen and oxygen atoms in total. The molecule has 1 atom stereocenters. The Labute approximate surface area is 197 Å². The average Bonchev–Trinajstić information content (AvgIpc) is 2.65. The van der Waals surface area contributed by atoms with Gasteiger partial charge in [-0.25, -0.2) is 0 Å². The molecule has 196 valence electrons. The van der Waals surface area contributed by atoms with E-state index in [1.54, 1.807) is 20.8 Å². The molecular weight excluding hydrogens is 486 g/mol. The summed E-state index contributed by atoms with van der Waals surface area (Å²) in [6.45, 7) is 2.21. The molecule has 1 fully saturated rings. The first-order valence-corrected chi connectivity index (χ1v) is 10.4. The Morgan fingerprint density at radius 1 is 1.14 bits per heavy atom. The van der Waals surface area contributed by atoms with Gasteiger partial charge in [0.2, 0.25) is 5.91 Å². The predicted molar refractivity (Wildman–Crippen MR) is 113 cm³/mol. The van der Waals surface area contributed by atoms with Crippen LogP contribution in [0.4, 0.5) is 37.7 Å². The van der Waals surface area contributed by atoms with Crippen LogP contribution in [0.2, 0.25) is 0 Å². The zero-order chi connectivity index (χ0) is 26.8. The monoisotopic (exact) mass is 512 g/mol. The second-order valence-corrected chi connectivity index (χ2v) is 9.20. The highest BCUT2D eigenvalue weighted by Crippen LogP contribution is 2.39. The number of hydrogen-bond donors (Lipinski definition) is 2. The Hall–Kier alpha value is -2.87. The molecule has 35 heavy (non-hydrogen) atoms. The number of morpholine rings is 1. The van der Waals surface area contributed by atoms with E-state index in [0.29, 0.717) is 11.0 Å². The van der Waals surface area contributed by atoms with Crippen molar-refractivity contribution in [2.75, 3.05) is 43.1 Å². The minimum atomic E-state index is -4.94. The Balaban J connectivity index is 2.40. The molecule has 1 aromatic rings. The molecule has 14 heteroatoms. The number of nitrogens with zero attached hydrogens (tertiary/aromatic N) is 2. The highest BCUT2D eigenvalue weighted by atomic mass is 19.4. The molecule has 0 radical (unpaired) electrons. The summed E-state index contributed by atoms with van der Waals surface area (Å²) >= 11 is 0. The summed E-state index contributed by atoms with van der Waals surface area (Å²) in [5.41, 5.74) is 2.26. The van der Waals surface area contributed by atoms with E-state index in [2.05, 4.69) is 5.32 Å². The lowest BCUT2D eigenvalue weighted by molar-refractivity contribution is -0.159. The fourth-order valence-electron chi connectivity index (χ4n) is 3.61. The van der Waals surface area contributed by atoms with Crippen molar-refractivity contribution in [3.05, 3.63) is 23.8 Å². The fourth-order valence-corrected chi connectivity index (χ4v) is 3.61. The van der Waals surface area contributed by atoms with Gasteiger partial charge in [0.15, 0.2) is 6.04 Å². The van der Waals surface area contributed by atoms with E-state index >= 15 is 0 Å². The van der Waals surface area contributed by atoms with Gasteiger partial charge in [0.25, 0.3) is 11.8 Å². The van der Waals surface area contributed by atoms with Crippen molar-refractivity contribution in [2.24, 2.45) is 11.1 Å². The Kier molecular flexibility index (Phi) is 8.43. The van der Waals surface area contributed by atoms with Gasteiger partial charge in [-0.2, -0.15) is 26.3 Å². The third kappa shape index (κ3) is 8.09. The van der Waals surface area contributed by atoms with Crippen molar-refractivity contribution in [3.8, 4) is 0 Å². The fraction of sp³-hybridized carbons (Fsp3) is 0.571. The zero-order valence-corrected chi connectivity index (χ0v) is 19.2. The molecule has 1 aromatic carbocycles. The third-order valence-electron chi connectivity index (χ3n) is 4.79. The summed E-state index contributed by atoms with van der Waals surface area (Å²) in [5, 5.41) is 2.05. The third-order valence-corrected chi connectivity index (χ3v) is 4.79. The van der Waals surface area contributed by atoms with E-state index in [9.17, 15) is 40.7 Å². The first-order chi connectivity index (χ1) is 15.9. The Morgan fingerprint density at radius 2 is 1.77 bits per heavy atom. The van der Waals surface area contributed by atoms with Crippen LogP contribution in [0.15, 0.2) is 18.2 Å². The van der Waals surface area contributed by atoms with Crippen LogP contribution in [0.25, 0.3) is 0 Å². The van der Waals surface area contributed by atoms with Gasteiger partial charge >= 0.3 is 12.4 Å². The number of alkyl halides is 6. The van der Waals surface area contributed by atoms with Crippen molar-refractivity contribution in [1.82, 2.24) is 4.90 Å². The number of benzene rings is 1. The van der Waals surface area contributed by atoms with E-state index in [4.69, 9.17) is 10.5 Å². The molecule has 3 N–H and O–H groups in total. The standard InChI is InChI=1S/C21H26F6N4O4/c1-19(2,3)10-30(11-20(22,23)24)16(17(28)33)18(34)29-12-4-5-14(13(8-12)21(25,26)27)31-6-7-35-9-15(31)32/h4-5,8,16H,6-7,9-11H2,1-3H3,(H2,28,33)(H,29,34)/t16-/m0/s1. The topological polar surface area (TPSA) is 105 Å². The van der Waals surface area contributed by atoms with Crippen molar-refractivity contribution in [1.29, 1.82) is 0 Å². The van der Waals surface area contributed by atoms with Gasteiger partial charge in [-0.3, -0.25) is 19.3 Å². The van der Waals surface area contributed by atoms with Crippen LogP contribution in [0, 0.1) is 5.41 Å². The molecule has 0 aromatic heterocycles. The lowest BCUT2D eigenvalue weighted by Gasteiger charge is -2.34. The number of halogens is 6. The van der Waals surface area contributed by atoms with Crippen LogP contribution in [0.3, 0.4) is 0 Å². The van der Waals surface area contributed by atoms with Crippen molar-refractivity contribution < 1.29 is 45.5 Å². The minimum Gasteiger partial charge on any atom is -0.370 e. The van der Waals surface area contributed by atoms with Gasteiger partial charge in [-0.05, 0) is 23.6 Å². The van der Waals surface area contributed by atoms with Crippen LogP contribution >= 0.6 is 0 Å². The van der Waals surface area contributed by atoms with Gasteiger partial charge in [0, 0.05) is 18.8 Å². The van der Waals surface area contributed by atoms with Gasteiger partial charge in [0.05, 0.1) is 24.4 Å². The van der Waals surface area contributed by atoms with Gasteiger partial charge in [0.1, 0.15) is 6.61 Å². The van der Waals surface area contributed by atoms with Crippen LogP contribution < -0.4 is 16.0 Å². The number of nitrogens with one attached hydrogen (secondary N) is 1. The van der Waals surface area contributed by atoms with Gasteiger partial charge in [-0.15, -0.1) is 0 Å². The lowest BCUT2D eigenvalue weighted by Crippen LogP contribution is -2.56. The summed E-state index contributed by atoms with van der Waals surface area (Å²) in [5.74, 6) is -3.42. The summed E-state index contributed by atoms with van der Waals surface area (Å²) in [6.07, 6.45) is -9.72. The van der Waals surface area contributed by atoms with Crippen LogP contribution in [-0.2, 0) is 25.3 Å². The van der Waals surface area contributed by atoms with Crippen LogP contribution in [0.1, 0.15) is 26.3 Å². The molecule has 0 spiro atoms. The van der Waals surface area contributed by atoms with E-state index in [1.165, 1.54) is 0 Å². The normalized spacial score (nSPS) is 16.4.